The minimum absolute atomic E-state index is 0.00386. The lowest BCUT2D eigenvalue weighted by atomic mass is 10.1. The van der Waals surface area contributed by atoms with Crippen molar-refractivity contribution in [3.8, 4) is 0 Å². The van der Waals surface area contributed by atoms with Crippen molar-refractivity contribution in [3.63, 3.8) is 0 Å². The Bertz CT molecular complexity index is 1780. The molecule has 1 aliphatic rings. The van der Waals surface area contributed by atoms with E-state index in [2.05, 4.69) is 15.2 Å². The molecule has 1 amide bonds. The lowest BCUT2D eigenvalue weighted by molar-refractivity contribution is 0.102. The summed E-state index contributed by atoms with van der Waals surface area (Å²) in [4.78, 5) is 12.9. The number of aromatic nitrogens is 1. The number of sulfonamides is 2. The summed E-state index contributed by atoms with van der Waals surface area (Å²) in [7, 11) is -7.86. The van der Waals surface area contributed by atoms with E-state index in [1.807, 2.05) is 19.1 Å². The summed E-state index contributed by atoms with van der Waals surface area (Å²) >= 11 is 0. The molecule has 4 aromatic rings. The van der Waals surface area contributed by atoms with Crippen LogP contribution in [0.4, 0.5) is 17.3 Å². The predicted molar refractivity (Wildman–Crippen MR) is 147 cm³/mol. The standard InChI is InChI=1S/C27H26N4O6S2/c1-17-15-20-7-4-5-10-25(20)31(17)39(35,36)24-9-6-8-21(16-24)26(32)28-22-11-13-23(14-12-22)38(33,34)30-27-18(2)19(3)29-37-27/h4-14,16-17,30H,15H2,1-3H3,(H,28,32)/t17-/m0/s1. The fraction of sp³-hybridized carbons (Fsp3) is 0.185. The number of hydrogen-bond donors (Lipinski definition) is 2. The molecule has 10 nitrogen and oxygen atoms in total. The summed E-state index contributed by atoms with van der Waals surface area (Å²) in [6, 6.07) is 18.5. The van der Waals surface area contributed by atoms with Crippen LogP contribution in [-0.4, -0.2) is 33.9 Å². The average Bonchev–Trinajstić information content (AvgIpc) is 3.42. The maximum absolute atomic E-state index is 13.5. The van der Waals surface area contributed by atoms with Gasteiger partial charge < -0.3 is 9.84 Å². The second-order valence-electron chi connectivity index (χ2n) is 9.32. The molecule has 2 heterocycles. The molecule has 0 spiro atoms. The van der Waals surface area contributed by atoms with Gasteiger partial charge >= 0.3 is 0 Å². The van der Waals surface area contributed by atoms with Gasteiger partial charge in [-0.15, -0.1) is 0 Å². The van der Waals surface area contributed by atoms with Gasteiger partial charge in [0.05, 0.1) is 21.2 Å². The first-order chi connectivity index (χ1) is 18.5. The molecule has 0 saturated carbocycles. The Balaban J connectivity index is 1.33. The lowest BCUT2D eigenvalue weighted by Crippen LogP contribution is -2.35. The van der Waals surface area contributed by atoms with E-state index < -0.39 is 26.0 Å². The number of hydrogen-bond acceptors (Lipinski definition) is 7. The quantitative estimate of drug-likeness (QED) is 0.336. The number of fused-ring (bicyclic) bond motifs is 1. The number of rotatable bonds is 7. The molecule has 202 valence electrons. The van der Waals surface area contributed by atoms with Gasteiger partial charge in [0.2, 0.25) is 5.88 Å². The van der Waals surface area contributed by atoms with Crippen molar-refractivity contribution in [2.45, 2.75) is 43.0 Å². The van der Waals surface area contributed by atoms with Gasteiger partial charge in [0.25, 0.3) is 26.0 Å². The molecular formula is C27H26N4O6S2. The summed E-state index contributed by atoms with van der Waals surface area (Å²) in [6.45, 7) is 5.24. The Hall–Kier alpha value is -4.16. The normalized spacial score (nSPS) is 15.2. The van der Waals surface area contributed by atoms with Gasteiger partial charge in [0.15, 0.2) is 0 Å². The zero-order chi connectivity index (χ0) is 27.9. The largest absolute Gasteiger partial charge is 0.337 e. The van der Waals surface area contributed by atoms with Crippen molar-refractivity contribution in [1.82, 2.24) is 5.16 Å². The van der Waals surface area contributed by atoms with Gasteiger partial charge in [-0.25, -0.2) is 21.6 Å². The second-order valence-corrected chi connectivity index (χ2v) is 12.8. The summed E-state index contributed by atoms with van der Waals surface area (Å²) in [5, 5.41) is 6.42. The molecule has 5 rings (SSSR count). The molecule has 3 aromatic carbocycles. The molecule has 12 heteroatoms. The molecule has 0 unspecified atom stereocenters. The van der Waals surface area contributed by atoms with Gasteiger partial charge in [-0.2, -0.15) is 0 Å². The highest BCUT2D eigenvalue weighted by Crippen LogP contribution is 2.36. The van der Waals surface area contributed by atoms with Gasteiger partial charge in [0, 0.05) is 22.9 Å². The van der Waals surface area contributed by atoms with Crippen molar-refractivity contribution in [2.75, 3.05) is 14.3 Å². The number of para-hydroxylation sites is 1. The number of aryl methyl sites for hydroxylation is 1. The van der Waals surface area contributed by atoms with Crippen LogP contribution >= 0.6 is 0 Å². The van der Waals surface area contributed by atoms with Crippen LogP contribution in [0, 0.1) is 13.8 Å². The fourth-order valence-corrected chi connectivity index (χ4v) is 7.21. The SMILES string of the molecule is Cc1noc(NS(=O)(=O)c2ccc(NC(=O)c3cccc(S(=O)(=O)N4c5ccccc5C[C@@H]4C)c3)cc2)c1C. The van der Waals surface area contributed by atoms with Crippen LogP contribution in [0.5, 0.6) is 0 Å². The molecule has 0 saturated heterocycles. The summed E-state index contributed by atoms with van der Waals surface area (Å²) < 4.78 is 61.3. The molecule has 0 aliphatic carbocycles. The van der Waals surface area contributed by atoms with Gasteiger partial charge in [0.1, 0.15) is 0 Å². The first-order valence-corrected chi connectivity index (χ1v) is 15.0. The molecule has 0 radical (unpaired) electrons. The Morgan fingerprint density at radius 3 is 2.36 bits per heavy atom. The van der Waals surface area contributed by atoms with Crippen molar-refractivity contribution >= 4 is 43.2 Å². The topological polar surface area (TPSA) is 139 Å². The van der Waals surface area contributed by atoms with Crippen molar-refractivity contribution in [1.29, 1.82) is 0 Å². The average molecular weight is 567 g/mol. The van der Waals surface area contributed by atoms with Crippen LogP contribution in [0.2, 0.25) is 0 Å². The van der Waals surface area contributed by atoms with Crippen LogP contribution in [0.25, 0.3) is 0 Å². The van der Waals surface area contributed by atoms with E-state index in [0.29, 0.717) is 29.1 Å². The van der Waals surface area contributed by atoms with E-state index >= 15 is 0 Å². The van der Waals surface area contributed by atoms with Crippen molar-refractivity contribution in [2.24, 2.45) is 0 Å². The lowest BCUT2D eigenvalue weighted by Gasteiger charge is -2.24. The summed E-state index contributed by atoms with van der Waals surface area (Å²) in [5.41, 5.74) is 3.22. The molecule has 2 N–H and O–H groups in total. The van der Waals surface area contributed by atoms with Crippen LogP contribution in [0.15, 0.2) is 87.1 Å². The first kappa shape index (κ1) is 26.4. The third-order valence-electron chi connectivity index (χ3n) is 6.60. The highest BCUT2D eigenvalue weighted by Gasteiger charge is 2.36. The fourth-order valence-electron chi connectivity index (χ4n) is 4.43. The van der Waals surface area contributed by atoms with Crippen molar-refractivity contribution < 1.29 is 26.2 Å². The zero-order valence-electron chi connectivity index (χ0n) is 21.4. The van der Waals surface area contributed by atoms with Crippen LogP contribution in [0.1, 0.15) is 34.1 Å². The Morgan fingerprint density at radius 1 is 0.949 bits per heavy atom. The Labute approximate surface area is 226 Å². The Morgan fingerprint density at radius 2 is 1.67 bits per heavy atom. The van der Waals surface area contributed by atoms with Gasteiger partial charge in [-0.05, 0) is 81.3 Å². The predicted octanol–water partition coefficient (Wildman–Crippen LogP) is 4.48. The number of anilines is 3. The molecular weight excluding hydrogens is 540 g/mol. The smallest absolute Gasteiger partial charge is 0.264 e. The number of nitrogens with one attached hydrogen (secondary N) is 2. The van der Waals surface area contributed by atoms with E-state index in [4.69, 9.17) is 4.52 Å². The van der Waals surface area contributed by atoms with Gasteiger partial charge in [-0.3, -0.25) is 9.10 Å². The number of amides is 1. The minimum Gasteiger partial charge on any atom is -0.337 e. The number of benzene rings is 3. The zero-order valence-corrected chi connectivity index (χ0v) is 23.0. The van der Waals surface area contributed by atoms with E-state index in [0.717, 1.165) is 5.56 Å². The molecule has 1 aromatic heterocycles. The third-order valence-corrected chi connectivity index (χ3v) is 9.88. The number of nitrogens with zero attached hydrogens (tertiary/aromatic N) is 2. The van der Waals surface area contributed by atoms with Crippen LogP contribution in [-0.2, 0) is 26.5 Å². The monoisotopic (exact) mass is 566 g/mol. The van der Waals surface area contributed by atoms with Crippen molar-refractivity contribution in [3.05, 3.63) is 95.2 Å². The summed E-state index contributed by atoms with van der Waals surface area (Å²) in [5.74, 6) is -0.505. The van der Waals surface area contributed by atoms with E-state index in [-0.39, 0.29) is 27.3 Å². The second kappa shape index (κ2) is 9.86. The minimum atomic E-state index is -3.94. The highest BCUT2D eigenvalue weighted by atomic mass is 32.2. The molecule has 1 aliphatic heterocycles. The molecule has 0 fully saturated rings. The Kier molecular flexibility index (Phi) is 6.69. The van der Waals surface area contributed by atoms with E-state index in [1.54, 1.807) is 26.0 Å². The number of carbonyl (C=O) groups is 1. The van der Waals surface area contributed by atoms with Gasteiger partial charge in [-0.1, -0.05) is 29.4 Å². The molecule has 1 atom stereocenters. The van der Waals surface area contributed by atoms with Crippen LogP contribution < -0.4 is 14.3 Å². The van der Waals surface area contributed by atoms with E-state index in [9.17, 15) is 21.6 Å². The van der Waals surface area contributed by atoms with Crippen LogP contribution in [0.3, 0.4) is 0 Å². The third kappa shape index (κ3) is 5.00. The maximum atomic E-state index is 13.5. The maximum Gasteiger partial charge on any atom is 0.264 e. The highest BCUT2D eigenvalue weighted by molar-refractivity contribution is 7.93. The number of carbonyl (C=O) groups excluding carboxylic acids is 1. The first-order valence-electron chi connectivity index (χ1n) is 12.1. The summed E-state index contributed by atoms with van der Waals surface area (Å²) in [6.07, 6.45) is 0.606. The van der Waals surface area contributed by atoms with E-state index in [1.165, 1.54) is 52.8 Å². The molecule has 39 heavy (non-hydrogen) atoms. The molecule has 0 bridgehead atoms.